The SMILES string of the molecule is CC(O)C1C(=O)N2C(C(=O)O)=C(COCCCOC(N)=O)CC12. The van der Waals surface area contributed by atoms with Crippen LogP contribution in [0.3, 0.4) is 0 Å². The third-order valence-corrected chi connectivity index (χ3v) is 3.98. The van der Waals surface area contributed by atoms with Crippen molar-refractivity contribution in [1.82, 2.24) is 4.90 Å². The highest BCUT2D eigenvalue weighted by Gasteiger charge is 2.56. The van der Waals surface area contributed by atoms with Gasteiger partial charge in [-0.05, 0) is 18.9 Å². The second kappa shape index (κ2) is 6.97. The van der Waals surface area contributed by atoms with E-state index >= 15 is 0 Å². The van der Waals surface area contributed by atoms with Gasteiger partial charge in [0.1, 0.15) is 5.70 Å². The topological polar surface area (TPSA) is 139 Å². The van der Waals surface area contributed by atoms with Crippen LogP contribution in [0.1, 0.15) is 19.8 Å². The maximum absolute atomic E-state index is 12.0. The van der Waals surface area contributed by atoms with Crippen molar-refractivity contribution < 1.29 is 34.1 Å². The zero-order valence-corrected chi connectivity index (χ0v) is 12.7. The van der Waals surface area contributed by atoms with Crippen LogP contribution in [0.15, 0.2) is 11.3 Å². The molecular weight excluding hydrogens is 308 g/mol. The van der Waals surface area contributed by atoms with E-state index in [0.29, 0.717) is 18.4 Å². The van der Waals surface area contributed by atoms with Crippen LogP contribution in [0, 0.1) is 5.92 Å². The summed E-state index contributed by atoms with van der Waals surface area (Å²) in [5.41, 5.74) is 5.29. The Hall–Kier alpha value is -2.13. The van der Waals surface area contributed by atoms with Gasteiger partial charge in [0.2, 0.25) is 5.91 Å². The molecule has 128 valence electrons. The number of aliphatic hydroxyl groups is 1. The van der Waals surface area contributed by atoms with Crippen molar-refractivity contribution in [1.29, 1.82) is 0 Å². The molecule has 0 radical (unpaired) electrons. The van der Waals surface area contributed by atoms with Crippen LogP contribution in [0.4, 0.5) is 4.79 Å². The number of primary amides is 1. The first-order chi connectivity index (χ1) is 10.8. The lowest BCUT2D eigenvalue weighted by Crippen LogP contribution is -2.61. The van der Waals surface area contributed by atoms with Crippen molar-refractivity contribution in [3.05, 3.63) is 11.3 Å². The van der Waals surface area contributed by atoms with Gasteiger partial charge < -0.3 is 30.3 Å². The quantitative estimate of drug-likeness (QED) is 0.401. The molecule has 9 heteroatoms. The Morgan fingerprint density at radius 2 is 2.13 bits per heavy atom. The molecule has 0 aromatic carbocycles. The third-order valence-electron chi connectivity index (χ3n) is 3.98. The Morgan fingerprint density at radius 1 is 1.43 bits per heavy atom. The molecule has 4 N–H and O–H groups in total. The summed E-state index contributed by atoms with van der Waals surface area (Å²) in [5.74, 6) is -2.11. The van der Waals surface area contributed by atoms with E-state index in [1.165, 1.54) is 11.8 Å². The molecule has 0 aromatic rings. The number of fused-ring (bicyclic) bond motifs is 1. The molecule has 2 aliphatic heterocycles. The van der Waals surface area contributed by atoms with E-state index in [0.717, 1.165) is 0 Å². The molecule has 2 heterocycles. The molecule has 1 saturated heterocycles. The highest BCUT2D eigenvalue weighted by atomic mass is 16.5. The van der Waals surface area contributed by atoms with E-state index in [2.05, 4.69) is 4.74 Å². The van der Waals surface area contributed by atoms with Crippen LogP contribution in [-0.4, -0.2) is 65.0 Å². The summed E-state index contributed by atoms with van der Waals surface area (Å²) in [6.07, 6.45) is -0.865. The Bertz CT molecular complexity index is 543. The number of nitrogens with zero attached hydrogens (tertiary/aromatic N) is 1. The van der Waals surface area contributed by atoms with Crippen molar-refractivity contribution in [3.8, 4) is 0 Å². The predicted molar refractivity (Wildman–Crippen MR) is 76.1 cm³/mol. The standard InChI is InChI=1S/C14H20N2O7/c1-7(17)10-9-5-8(6-22-3-2-4-23-14(15)21)11(13(19)20)16(9)12(10)18/h7,9-10,17H,2-6H2,1H3,(H2,15,21)(H,19,20). The Balaban J connectivity index is 1.89. The summed E-state index contributed by atoms with van der Waals surface area (Å²) in [6, 6.07) is -0.314. The van der Waals surface area contributed by atoms with Gasteiger partial charge >= 0.3 is 12.1 Å². The number of hydrogen-bond acceptors (Lipinski definition) is 6. The first-order valence-electron chi connectivity index (χ1n) is 7.31. The third kappa shape index (κ3) is 3.45. The molecule has 3 unspecified atom stereocenters. The first-order valence-corrected chi connectivity index (χ1v) is 7.31. The number of aliphatic carboxylic acids is 1. The van der Waals surface area contributed by atoms with E-state index in [-0.39, 0.29) is 37.5 Å². The van der Waals surface area contributed by atoms with Crippen LogP contribution < -0.4 is 5.73 Å². The summed E-state index contributed by atoms with van der Waals surface area (Å²) in [7, 11) is 0. The average Bonchev–Trinajstić information content (AvgIpc) is 2.76. The lowest BCUT2D eigenvalue weighted by atomic mass is 9.83. The molecule has 0 aliphatic carbocycles. The van der Waals surface area contributed by atoms with Crippen molar-refractivity contribution in [2.75, 3.05) is 19.8 Å². The van der Waals surface area contributed by atoms with Crippen molar-refractivity contribution in [2.45, 2.75) is 31.9 Å². The van der Waals surface area contributed by atoms with E-state index < -0.39 is 24.1 Å². The minimum absolute atomic E-state index is 0.0507. The summed E-state index contributed by atoms with van der Waals surface area (Å²) in [4.78, 5) is 35.0. The molecule has 2 rings (SSSR count). The molecular formula is C14H20N2O7. The smallest absolute Gasteiger partial charge is 0.404 e. The number of rotatable bonds is 8. The monoisotopic (exact) mass is 328 g/mol. The van der Waals surface area contributed by atoms with Crippen LogP contribution in [-0.2, 0) is 19.1 Å². The normalized spacial score (nSPS) is 24.3. The van der Waals surface area contributed by atoms with Crippen LogP contribution in [0.25, 0.3) is 0 Å². The van der Waals surface area contributed by atoms with Gasteiger partial charge in [-0.3, -0.25) is 4.79 Å². The van der Waals surface area contributed by atoms with Crippen LogP contribution >= 0.6 is 0 Å². The minimum atomic E-state index is -1.18. The van der Waals surface area contributed by atoms with Crippen LogP contribution in [0.2, 0.25) is 0 Å². The van der Waals surface area contributed by atoms with Gasteiger partial charge in [0.15, 0.2) is 0 Å². The molecule has 2 aliphatic rings. The number of carbonyl (C=O) groups is 3. The molecule has 3 atom stereocenters. The molecule has 0 bridgehead atoms. The van der Waals surface area contributed by atoms with Gasteiger partial charge in [-0.15, -0.1) is 0 Å². The summed E-state index contributed by atoms with van der Waals surface area (Å²) >= 11 is 0. The van der Waals surface area contributed by atoms with E-state index in [1.54, 1.807) is 0 Å². The first kappa shape index (κ1) is 17.2. The number of hydrogen-bond donors (Lipinski definition) is 3. The maximum Gasteiger partial charge on any atom is 0.404 e. The number of amides is 2. The number of carboxylic acids is 1. The fraction of sp³-hybridized carbons (Fsp3) is 0.643. The molecule has 9 nitrogen and oxygen atoms in total. The average molecular weight is 328 g/mol. The zero-order chi connectivity index (χ0) is 17.1. The lowest BCUT2D eigenvalue weighted by Gasteiger charge is -2.44. The van der Waals surface area contributed by atoms with E-state index in [9.17, 15) is 24.6 Å². The molecule has 2 amide bonds. The lowest BCUT2D eigenvalue weighted by molar-refractivity contribution is -0.161. The van der Waals surface area contributed by atoms with Gasteiger partial charge in [-0.1, -0.05) is 0 Å². The van der Waals surface area contributed by atoms with E-state index in [1.807, 2.05) is 0 Å². The second-order valence-corrected chi connectivity index (χ2v) is 5.58. The predicted octanol–water partition coefficient (Wildman–Crippen LogP) is -0.561. The number of nitrogens with two attached hydrogens (primary N) is 1. The molecule has 0 aromatic heterocycles. The molecule has 0 spiro atoms. The largest absolute Gasteiger partial charge is 0.477 e. The number of aliphatic hydroxyl groups excluding tert-OH is 1. The minimum Gasteiger partial charge on any atom is -0.477 e. The van der Waals surface area contributed by atoms with Crippen molar-refractivity contribution in [3.63, 3.8) is 0 Å². The van der Waals surface area contributed by atoms with Gasteiger partial charge in [-0.2, -0.15) is 0 Å². The zero-order valence-electron chi connectivity index (χ0n) is 12.7. The summed E-state index contributed by atoms with van der Waals surface area (Å²) in [6.45, 7) is 1.98. The van der Waals surface area contributed by atoms with Gasteiger partial charge in [0.25, 0.3) is 0 Å². The molecule has 1 fully saturated rings. The van der Waals surface area contributed by atoms with Gasteiger partial charge in [0, 0.05) is 6.42 Å². The van der Waals surface area contributed by atoms with Crippen molar-refractivity contribution >= 4 is 18.0 Å². The fourth-order valence-corrected chi connectivity index (χ4v) is 3.02. The molecule has 23 heavy (non-hydrogen) atoms. The number of β-lactam (4-membered cyclic amide) rings is 1. The van der Waals surface area contributed by atoms with E-state index in [4.69, 9.17) is 10.5 Å². The fourth-order valence-electron chi connectivity index (χ4n) is 3.02. The Morgan fingerprint density at radius 3 is 2.70 bits per heavy atom. The highest BCUT2D eigenvalue weighted by Crippen LogP contribution is 2.43. The Kier molecular flexibility index (Phi) is 5.22. The van der Waals surface area contributed by atoms with Crippen molar-refractivity contribution in [2.24, 2.45) is 11.7 Å². The summed E-state index contributed by atoms with van der Waals surface area (Å²) in [5, 5.41) is 18.9. The maximum atomic E-state index is 12.0. The van der Waals surface area contributed by atoms with Gasteiger partial charge in [-0.25, -0.2) is 9.59 Å². The van der Waals surface area contributed by atoms with Gasteiger partial charge in [0.05, 0.1) is 37.9 Å². The molecule has 0 saturated carbocycles. The van der Waals surface area contributed by atoms with Crippen LogP contribution in [0.5, 0.6) is 0 Å². The number of carbonyl (C=O) groups excluding carboxylic acids is 2. The number of ether oxygens (including phenoxy) is 2. The highest BCUT2D eigenvalue weighted by molar-refractivity contribution is 5.99. The second-order valence-electron chi connectivity index (χ2n) is 5.58. The Labute approximate surface area is 132 Å². The number of carboxylic acid groups (broad SMARTS) is 1. The summed E-state index contributed by atoms with van der Waals surface area (Å²) < 4.78 is 9.93.